The zero-order valence-corrected chi connectivity index (χ0v) is 14.4. The monoisotopic (exact) mass is 392 g/mol. The van der Waals surface area contributed by atoms with E-state index in [0.717, 1.165) is 8.52 Å². The molecule has 2 heterocycles. The maximum Gasteiger partial charge on any atom is 0.160 e. The highest BCUT2D eigenvalue weighted by atomic mass is 79.9. The molecular formula is C13H18Br2N2S. The first-order valence-electron chi connectivity index (χ1n) is 6.80. The van der Waals surface area contributed by atoms with Gasteiger partial charge in [0.1, 0.15) is 4.60 Å². The van der Waals surface area contributed by atoms with E-state index in [0.29, 0.717) is 0 Å². The number of hydrogen-bond acceptors (Lipinski definition) is 3. The summed E-state index contributed by atoms with van der Waals surface area (Å²) in [5.74, 6) is 0. The van der Waals surface area contributed by atoms with Crippen LogP contribution in [0.3, 0.4) is 0 Å². The molecule has 2 fully saturated rings. The van der Waals surface area contributed by atoms with Gasteiger partial charge in [0, 0.05) is 0 Å². The van der Waals surface area contributed by atoms with Gasteiger partial charge in [-0.15, -0.1) is 11.3 Å². The first-order chi connectivity index (χ1) is 8.72. The predicted octanol–water partition coefficient (Wildman–Crippen LogP) is 4.92. The van der Waals surface area contributed by atoms with E-state index in [4.69, 9.17) is 0 Å². The molecule has 0 bridgehead atoms. The fourth-order valence-electron chi connectivity index (χ4n) is 3.53. The van der Waals surface area contributed by atoms with Gasteiger partial charge in [-0.1, -0.05) is 19.3 Å². The predicted molar refractivity (Wildman–Crippen MR) is 83.1 cm³/mol. The van der Waals surface area contributed by atoms with Crippen molar-refractivity contribution in [2.24, 2.45) is 0 Å². The zero-order chi connectivity index (χ0) is 12.6. The van der Waals surface area contributed by atoms with Crippen LogP contribution in [0.4, 0.5) is 0 Å². The van der Waals surface area contributed by atoms with Crippen LogP contribution in [-0.4, -0.2) is 23.0 Å². The molecule has 0 atom stereocenters. The van der Waals surface area contributed by atoms with Crippen LogP contribution >= 0.6 is 43.2 Å². The minimum absolute atomic E-state index is 0.275. The van der Waals surface area contributed by atoms with Crippen LogP contribution < -0.4 is 0 Å². The molecule has 1 aromatic rings. The van der Waals surface area contributed by atoms with Crippen LogP contribution in [0.5, 0.6) is 0 Å². The van der Waals surface area contributed by atoms with Crippen LogP contribution in [0.1, 0.15) is 49.8 Å². The van der Waals surface area contributed by atoms with E-state index in [1.54, 1.807) is 0 Å². The van der Waals surface area contributed by atoms with E-state index < -0.39 is 0 Å². The van der Waals surface area contributed by atoms with Crippen molar-refractivity contribution in [2.45, 2.75) is 50.5 Å². The van der Waals surface area contributed by atoms with Crippen molar-refractivity contribution in [1.29, 1.82) is 0 Å². The van der Waals surface area contributed by atoms with Crippen LogP contribution in [-0.2, 0) is 5.54 Å². The third kappa shape index (κ3) is 2.32. The minimum Gasteiger partial charge on any atom is -0.293 e. The molecule has 0 radical (unpaired) electrons. The van der Waals surface area contributed by atoms with Crippen molar-refractivity contribution in [1.82, 2.24) is 9.88 Å². The number of likely N-dealkylation sites (tertiary alicyclic amines) is 1. The van der Waals surface area contributed by atoms with Gasteiger partial charge in [-0.2, -0.15) is 0 Å². The molecule has 18 heavy (non-hydrogen) atoms. The molecule has 0 spiro atoms. The number of thiazole rings is 1. The SMILES string of the molecule is Brc1nc(Br)c(C2(N3CCCC3)CCCCC2)s1. The van der Waals surface area contributed by atoms with E-state index in [1.807, 2.05) is 11.3 Å². The summed E-state index contributed by atoms with van der Waals surface area (Å²) in [7, 11) is 0. The topological polar surface area (TPSA) is 16.1 Å². The van der Waals surface area contributed by atoms with E-state index in [2.05, 4.69) is 41.7 Å². The lowest BCUT2D eigenvalue weighted by Gasteiger charge is -2.44. The highest BCUT2D eigenvalue weighted by Gasteiger charge is 2.43. The van der Waals surface area contributed by atoms with E-state index in [-0.39, 0.29) is 5.54 Å². The second-order valence-corrected chi connectivity index (χ2v) is 8.40. The lowest BCUT2D eigenvalue weighted by molar-refractivity contribution is 0.0732. The molecule has 0 amide bonds. The molecule has 1 aliphatic carbocycles. The van der Waals surface area contributed by atoms with Gasteiger partial charge in [-0.25, -0.2) is 4.98 Å². The fourth-order valence-corrected chi connectivity index (χ4v) is 6.30. The summed E-state index contributed by atoms with van der Waals surface area (Å²) in [6.07, 6.45) is 9.45. The molecule has 1 aliphatic heterocycles. The van der Waals surface area contributed by atoms with Crippen LogP contribution in [0.25, 0.3) is 0 Å². The first-order valence-corrected chi connectivity index (χ1v) is 9.20. The van der Waals surface area contributed by atoms with Gasteiger partial charge in [0.05, 0.1) is 10.4 Å². The molecule has 3 rings (SSSR count). The second-order valence-electron chi connectivity index (χ2n) is 5.37. The number of halogens is 2. The van der Waals surface area contributed by atoms with E-state index in [9.17, 15) is 0 Å². The van der Waals surface area contributed by atoms with Crippen molar-refractivity contribution < 1.29 is 0 Å². The average Bonchev–Trinajstić information content (AvgIpc) is 3.00. The normalized spacial score (nSPS) is 24.6. The van der Waals surface area contributed by atoms with Crippen molar-refractivity contribution in [2.75, 3.05) is 13.1 Å². The van der Waals surface area contributed by atoms with Crippen LogP contribution in [0, 0.1) is 0 Å². The van der Waals surface area contributed by atoms with Gasteiger partial charge < -0.3 is 0 Å². The summed E-state index contributed by atoms with van der Waals surface area (Å²) in [6.45, 7) is 2.53. The molecule has 0 N–H and O–H groups in total. The number of nitrogens with zero attached hydrogens (tertiary/aromatic N) is 2. The highest BCUT2D eigenvalue weighted by molar-refractivity contribution is 9.11. The summed E-state index contributed by atoms with van der Waals surface area (Å²) in [5.41, 5.74) is 0.275. The van der Waals surface area contributed by atoms with E-state index >= 15 is 0 Å². The van der Waals surface area contributed by atoms with Crippen molar-refractivity contribution >= 4 is 43.2 Å². The Hall–Kier alpha value is 0.550. The molecule has 100 valence electrons. The van der Waals surface area contributed by atoms with Crippen LogP contribution in [0.2, 0.25) is 0 Å². The fraction of sp³-hybridized carbons (Fsp3) is 0.769. The van der Waals surface area contributed by atoms with Gasteiger partial charge >= 0.3 is 0 Å². The lowest BCUT2D eigenvalue weighted by atomic mass is 9.79. The second kappa shape index (κ2) is 5.51. The molecule has 0 aromatic carbocycles. The van der Waals surface area contributed by atoms with E-state index in [1.165, 1.54) is 62.9 Å². The maximum absolute atomic E-state index is 4.53. The molecule has 2 aliphatic rings. The van der Waals surface area contributed by atoms with Gasteiger partial charge in [0.2, 0.25) is 0 Å². The maximum atomic E-state index is 4.53. The van der Waals surface area contributed by atoms with Crippen molar-refractivity contribution in [3.05, 3.63) is 13.4 Å². The van der Waals surface area contributed by atoms with Gasteiger partial charge in [0.15, 0.2) is 3.92 Å². The average molecular weight is 394 g/mol. The first kappa shape index (κ1) is 13.5. The molecule has 0 unspecified atom stereocenters. The summed E-state index contributed by atoms with van der Waals surface area (Å²) < 4.78 is 2.07. The van der Waals surface area contributed by atoms with Crippen molar-refractivity contribution in [3.8, 4) is 0 Å². The number of hydrogen-bond donors (Lipinski definition) is 0. The summed E-state index contributed by atoms with van der Waals surface area (Å²) in [5, 5.41) is 0. The number of aromatic nitrogens is 1. The summed E-state index contributed by atoms with van der Waals surface area (Å²) in [4.78, 5) is 8.72. The lowest BCUT2D eigenvalue weighted by Crippen LogP contribution is -2.45. The Kier molecular flexibility index (Phi) is 4.14. The molecule has 2 nitrogen and oxygen atoms in total. The summed E-state index contributed by atoms with van der Waals surface area (Å²) >= 11 is 9.04. The van der Waals surface area contributed by atoms with Gasteiger partial charge in [-0.3, -0.25) is 4.90 Å². The molecule has 1 aromatic heterocycles. The standard InChI is InChI=1S/C13H18Br2N2S/c14-11-10(18-12(15)16-11)13(6-2-1-3-7-13)17-8-4-5-9-17/h1-9H2. The Bertz CT molecular complexity index is 421. The van der Waals surface area contributed by atoms with Gasteiger partial charge in [0.25, 0.3) is 0 Å². The highest BCUT2D eigenvalue weighted by Crippen LogP contribution is 2.49. The zero-order valence-electron chi connectivity index (χ0n) is 10.4. The molecule has 1 saturated carbocycles. The quantitative estimate of drug-likeness (QED) is 0.708. The van der Waals surface area contributed by atoms with Crippen molar-refractivity contribution in [3.63, 3.8) is 0 Å². The largest absolute Gasteiger partial charge is 0.293 e. The Balaban J connectivity index is 2.00. The van der Waals surface area contributed by atoms with Gasteiger partial charge in [-0.05, 0) is 70.6 Å². The third-order valence-electron chi connectivity index (χ3n) is 4.37. The number of rotatable bonds is 2. The smallest absolute Gasteiger partial charge is 0.160 e. The summed E-state index contributed by atoms with van der Waals surface area (Å²) in [6, 6.07) is 0. The molecule has 1 saturated heterocycles. The molecule has 5 heteroatoms. The Labute approximate surface area is 129 Å². The minimum atomic E-state index is 0.275. The third-order valence-corrected chi connectivity index (χ3v) is 6.91. The Morgan fingerprint density at radius 1 is 1.00 bits per heavy atom. The Morgan fingerprint density at radius 2 is 1.67 bits per heavy atom. The molecular weight excluding hydrogens is 376 g/mol. The van der Waals surface area contributed by atoms with Crippen LogP contribution in [0.15, 0.2) is 8.52 Å². The Morgan fingerprint density at radius 3 is 2.22 bits per heavy atom.